The molecular formula is C17H34N2. The molecule has 2 aliphatic rings. The Labute approximate surface area is 120 Å². The van der Waals surface area contributed by atoms with Crippen LogP contribution < -0.4 is 5.32 Å². The van der Waals surface area contributed by atoms with Gasteiger partial charge in [-0.3, -0.25) is 0 Å². The molecule has 0 bridgehead atoms. The van der Waals surface area contributed by atoms with Crippen LogP contribution in [0.15, 0.2) is 0 Å². The molecule has 0 aromatic carbocycles. The molecular weight excluding hydrogens is 232 g/mol. The summed E-state index contributed by atoms with van der Waals surface area (Å²) in [6, 6.07) is 0.636. The molecule has 19 heavy (non-hydrogen) atoms. The third kappa shape index (κ3) is 5.83. The first-order valence-electron chi connectivity index (χ1n) is 8.70. The molecule has 2 fully saturated rings. The lowest BCUT2D eigenvalue weighted by atomic mass is 9.94. The summed E-state index contributed by atoms with van der Waals surface area (Å²) < 4.78 is 0. The number of hydrogen-bond acceptors (Lipinski definition) is 2. The highest BCUT2D eigenvalue weighted by molar-refractivity contribution is 4.78. The minimum absolute atomic E-state index is 0.636. The SMILES string of the molecule is CC(C)NCC1CCCN(CC2CCCCCC2)C1. The Morgan fingerprint density at radius 2 is 1.63 bits per heavy atom. The van der Waals surface area contributed by atoms with Gasteiger partial charge in [0.1, 0.15) is 0 Å². The molecule has 1 heterocycles. The Hall–Kier alpha value is -0.0800. The number of rotatable bonds is 5. The van der Waals surface area contributed by atoms with Crippen molar-refractivity contribution in [2.24, 2.45) is 11.8 Å². The quantitative estimate of drug-likeness (QED) is 0.764. The molecule has 2 rings (SSSR count). The van der Waals surface area contributed by atoms with E-state index in [1.165, 1.54) is 77.5 Å². The molecule has 1 aliphatic heterocycles. The van der Waals surface area contributed by atoms with Crippen LogP contribution in [0, 0.1) is 11.8 Å². The molecule has 1 unspecified atom stereocenters. The molecule has 112 valence electrons. The molecule has 2 heteroatoms. The van der Waals surface area contributed by atoms with Crippen molar-refractivity contribution in [2.45, 2.75) is 71.3 Å². The Bertz CT molecular complexity index is 231. The van der Waals surface area contributed by atoms with E-state index in [4.69, 9.17) is 0 Å². The lowest BCUT2D eigenvalue weighted by Gasteiger charge is -2.35. The predicted molar refractivity (Wildman–Crippen MR) is 83.5 cm³/mol. The zero-order chi connectivity index (χ0) is 13.5. The van der Waals surface area contributed by atoms with Crippen molar-refractivity contribution in [3.05, 3.63) is 0 Å². The highest BCUT2D eigenvalue weighted by Gasteiger charge is 2.22. The number of hydrogen-bond donors (Lipinski definition) is 1. The second-order valence-corrected chi connectivity index (χ2v) is 7.19. The van der Waals surface area contributed by atoms with Gasteiger partial charge in [-0.05, 0) is 50.6 Å². The van der Waals surface area contributed by atoms with E-state index in [0.717, 1.165) is 11.8 Å². The summed E-state index contributed by atoms with van der Waals surface area (Å²) in [5.74, 6) is 1.89. The average molecular weight is 266 g/mol. The average Bonchev–Trinajstić information content (AvgIpc) is 2.65. The van der Waals surface area contributed by atoms with Crippen molar-refractivity contribution in [3.63, 3.8) is 0 Å². The van der Waals surface area contributed by atoms with Gasteiger partial charge in [0.15, 0.2) is 0 Å². The summed E-state index contributed by atoms with van der Waals surface area (Å²) in [5.41, 5.74) is 0. The van der Waals surface area contributed by atoms with Gasteiger partial charge in [-0.15, -0.1) is 0 Å². The molecule has 0 aromatic rings. The van der Waals surface area contributed by atoms with Gasteiger partial charge in [0.25, 0.3) is 0 Å². The first kappa shape index (κ1) is 15.3. The second kappa shape index (κ2) is 8.26. The first-order valence-corrected chi connectivity index (χ1v) is 8.70. The Morgan fingerprint density at radius 3 is 2.32 bits per heavy atom. The van der Waals surface area contributed by atoms with Crippen LogP contribution in [0.25, 0.3) is 0 Å². The van der Waals surface area contributed by atoms with Crippen molar-refractivity contribution in [3.8, 4) is 0 Å². The van der Waals surface area contributed by atoms with Crippen LogP contribution in [-0.4, -0.2) is 37.1 Å². The molecule has 1 saturated heterocycles. The summed E-state index contributed by atoms with van der Waals surface area (Å²) in [7, 11) is 0. The van der Waals surface area contributed by atoms with Crippen molar-refractivity contribution < 1.29 is 0 Å². The van der Waals surface area contributed by atoms with Gasteiger partial charge in [-0.2, -0.15) is 0 Å². The Balaban J connectivity index is 1.70. The number of nitrogens with zero attached hydrogens (tertiary/aromatic N) is 1. The van der Waals surface area contributed by atoms with Gasteiger partial charge in [-0.25, -0.2) is 0 Å². The Morgan fingerprint density at radius 1 is 0.947 bits per heavy atom. The van der Waals surface area contributed by atoms with Crippen molar-refractivity contribution in [2.75, 3.05) is 26.2 Å². The van der Waals surface area contributed by atoms with Crippen LogP contribution >= 0.6 is 0 Å². The van der Waals surface area contributed by atoms with Crippen LogP contribution in [0.5, 0.6) is 0 Å². The number of nitrogens with one attached hydrogen (secondary N) is 1. The van der Waals surface area contributed by atoms with Gasteiger partial charge >= 0.3 is 0 Å². The van der Waals surface area contributed by atoms with E-state index in [9.17, 15) is 0 Å². The minimum atomic E-state index is 0.636. The zero-order valence-corrected chi connectivity index (χ0v) is 13.2. The van der Waals surface area contributed by atoms with Gasteiger partial charge in [0.05, 0.1) is 0 Å². The van der Waals surface area contributed by atoms with Crippen LogP contribution in [0.1, 0.15) is 65.2 Å². The molecule has 1 atom stereocenters. The van der Waals surface area contributed by atoms with E-state index in [1.54, 1.807) is 0 Å². The van der Waals surface area contributed by atoms with Crippen molar-refractivity contribution in [1.82, 2.24) is 10.2 Å². The third-order valence-corrected chi connectivity index (χ3v) is 4.91. The van der Waals surface area contributed by atoms with Crippen molar-refractivity contribution in [1.29, 1.82) is 0 Å². The fourth-order valence-electron chi connectivity index (χ4n) is 3.80. The maximum Gasteiger partial charge on any atom is 0.00219 e. The minimum Gasteiger partial charge on any atom is -0.314 e. The zero-order valence-electron chi connectivity index (χ0n) is 13.2. The fraction of sp³-hybridized carbons (Fsp3) is 1.00. The van der Waals surface area contributed by atoms with Gasteiger partial charge < -0.3 is 10.2 Å². The van der Waals surface area contributed by atoms with Crippen LogP contribution in [0.3, 0.4) is 0 Å². The molecule has 0 amide bonds. The molecule has 1 saturated carbocycles. The highest BCUT2D eigenvalue weighted by atomic mass is 15.1. The van der Waals surface area contributed by atoms with E-state index in [-0.39, 0.29) is 0 Å². The summed E-state index contributed by atoms with van der Waals surface area (Å²) >= 11 is 0. The lowest BCUT2D eigenvalue weighted by Crippen LogP contribution is -2.42. The molecule has 0 radical (unpaired) electrons. The van der Waals surface area contributed by atoms with E-state index in [0.29, 0.717) is 6.04 Å². The highest BCUT2D eigenvalue weighted by Crippen LogP contribution is 2.25. The first-order chi connectivity index (χ1) is 9.24. The largest absolute Gasteiger partial charge is 0.314 e. The van der Waals surface area contributed by atoms with E-state index >= 15 is 0 Å². The van der Waals surface area contributed by atoms with Crippen LogP contribution in [-0.2, 0) is 0 Å². The molecule has 1 aliphatic carbocycles. The standard InChI is InChI=1S/C17H34N2/c1-15(2)18-12-17-10-7-11-19(14-17)13-16-8-5-3-4-6-9-16/h15-18H,3-14H2,1-2H3. The van der Waals surface area contributed by atoms with E-state index < -0.39 is 0 Å². The third-order valence-electron chi connectivity index (χ3n) is 4.91. The van der Waals surface area contributed by atoms with Crippen LogP contribution in [0.4, 0.5) is 0 Å². The van der Waals surface area contributed by atoms with Crippen LogP contribution in [0.2, 0.25) is 0 Å². The van der Waals surface area contributed by atoms with E-state index in [1.807, 2.05) is 0 Å². The van der Waals surface area contributed by atoms with Crippen molar-refractivity contribution >= 4 is 0 Å². The van der Waals surface area contributed by atoms with Gasteiger partial charge in [0.2, 0.25) is 0 Å². The lowest BCUT2D eigenvalue weighted by molar-refractivity contribution is 0.143. The smallest absolute Gasteiger partial charge is 0.00219 e. The van der Waals surface area contributed by atoms with Gasteiger partial charge in [0, 0.05) is 19.1 Å². The normalized spacial score (nSPS) is 27.6. The maximum absolute atomic E-state index is 3.62. The summed E-state index contributed by atoms with van der Waals surface area (Å²) in [6.45, 7) is 9.82. The second-order valence-electron chi connectivity index (χ2n) is 7.19. The molecule has 0 spiro atoms. The van der Waals surface area contributed by atoms with Gasteiger partial charge in [-0.1, -0.05) is 39.5 Å². The molecule has 0 aromatic heterocycles. The number of likely N-dealkylation sites (tertiary alicyclic amines) is 1. The fourth-order valence-corrected chi connectivity index (χ4v) is 3.80. The monoisotopic (exact) mass is 266 g/mol. The van der Waals surface area contributed by atoms with E-state index in [2.05, 4.69) is 24.1 Å². The summed E-state index contributed by atoms with van der Waals surface area (Å²) in [4.78, 5) is 2.77. The topological polar surface area (TPSA) is 15.3 Å². The Kier molecular flexibility index (Phi) is 6.66. The maximum atomic E-state index is 3.62. The molecule has 2 nitrogen and oxygen atoms in total. The molecule has 1 N–H and O–H groups in total. The number of piperidine rings is 1. The summed E-state index contributed by atoms with van der Waals surface area (Å²) in [5, 5.41) is 3.62. The summed E-state index contributed by atoms with van der Waals surface area (Å²) in [6.07, 6.45) is 11.8. The predicted octanol–water partition coefficient (Wildman–Crippen LogP) is 3.67.